The average molecular weight is 514 g/mol. The number of halogens is 3. The summed E-state index contributed by atoms with van der Waals surface area (Å²) in [5.41, 5.74) is 0.808. The Morgan fingerprint density at radius 3 is 2.83 bits per heavy atom. The van der Waals surface area contributed by atoms with E-state index >= 15 is 0 Å². The van der Waals surface area contributed by atoms with Crippen molar-refractivity contribution in [2.75, 3.05) is 27.2 Å². The second-order valence-corrected chi connectivity index (χ2v) is 6.50. The number of carbonyl (C=O) groups is 1. The van der Waals surface area contributed by atoms with E-state index in [4.69, 9.17) is 4.74 Å². The molecule has 1 aromatic carbocycles. The van der Waals surface area contributed by atoms with Crippen LogP contribution in [0.2, 0.25) is 0 Å². The highest BCUT2D eigenvalue weighted by Gasteiger charge is 2.36. The monoisotopic (exact) mass is 513 g/mol. The molecule has 1 aromatic rings. The van der Waals surface area contributed by atoms with Crippen LogP contribution in [-0.4, -0.2) is 44.1 Å². The first kappa shape index (κ1) is 21.1. The molecule has 2 unspecified atom stereocenters. The number of benzene rings is 1. The van der Waals surface area contributed by atoms with E-state index in [0.29, 0.717) is 19.0 Å². The summed E-state index contributed by atoms with van der Waals surface area (Å²) >= 11 is 3.41. The van der Waals surface area contributed by atoms with E-state index < -0.39 is 0 Å². The number of hydrogen-bond acceptors (Lipinski definition) is 3. The lowest BCUT2D eigenvalue weighted by atomic mass is 9.99. The van der Waals surface area contributed by atoms with Crippen LogP contribution >= 0.6 is 39.9 Å². The number of methoxy groups -OCH3 is 1. The van der Waals surface area contributed by atoms with E-state index in [0.717, 1.165) is 16.6 Å². The molecule has 0 radical (unpaired) electrons. The van der Waals surface area contributed by atoms with Gasteiger partial charge >= 0.3 is 5.97 Å². The van der Waals surface area contributed by atoms with Crippen LogP contribution < -0.4 is 5.32 Å². The summed E-state index contributed by atoms with van der Waals surface area (Å²) in [7, 11) is 3.10. The quantitative estimate of drug-likeness (QED) is 0.292. The van der Waals surface area contributed by atoms with Crippen molar-refractivity contribution >= 4 is 51.8 Å². The Hall–Kier alpha value is -0.900. The predicted octanol–water partition coefficient (Wildman–Crippen LogP) is 3.02. The van der Waals surface area contributed by atoms with Crippen LogP contribution in [0.15, 0.2) is 27.7 Å². The normalized spacial score (nSPS) is 20.5. The third kappa shape index (κ3) is 5.05. The van der Waals surface area contributed by atoms with Crippen molar-refractivity contribution in [3.63, 3.8) is 0 Å². The minimum Gasteiger partial charge on any atom is -0.469 e. The molecule has 0 bridgehead atoms. The predicted molar refractivity (Wildman–Crippen MR) is 106 cm³/mol. The minimum atomic E-state index is -0.277. The van der Waals surface area contributed by atoms with Gasteiger partial charge in [0.25, 0.3) is 0 Å². The van der Waals surface area contributed by atoms with Gasteiger partial charge in [0, 0.05) is 31.2 Å². The topological polar surface area (TPSA) is 53.9 Å². The van der Waals surface area contributed by atoms with Crippen molar-refractivity contribution in [2.45, 2.75) is 13.5 Å². The van der Waals surface area contributed by atoms with Gasteiger partial charge in [-0.2, -0.15) is 0 Å². The lowest BCUT2D eigenvalue weighted by Gasteiger charge is -2.21. The number of nitrogens with one attached hydrogen (secondary N) is 1. The summed E-state index contributed by atoms with van der Waals surface area (Å²) < 4.78 is 19.0. The smallest absolute Gasteiger partial charge is 0.310 e. The molecule has 2 atom stereocenters. The Morgan fingerprint density at radius 2 is 2.21 bits per heavy atom. The summed E-state index contributed by atoms with van der Waals surface area (Å²) in [6.07, 6.45) is 0. The van der Waals surface area contributed by atoms with E-state index in [1.165, 1.54) is 19.2 Å². The molecule has 0 aliphatic carbocycles. The van der Waals surface area contributed by atoms with Gasteiger partial charge in [-0.3, -0.25) is 9.79 Å². The lowest BCUT2D eigenvalue weighted by Crippen LogP contribution is -2.40. The van der Waals surface area contributed by atoms with Gasteiger partial charge < -0.3 is 15.0 Å². The number of likely N-dealkylation sites (tertiary alicyclic amines) is 1. The highest BCUT2D eigenvalue weighted by atomic mass is 127. The third-order valence-corrected chi connectivity index (χ3v) is 4.85. The first-order valence-corrected chi connectivity index (χ1v) is 8.23. The van der Waals surface area contributed by atoms with Gasteiger partial charge in [-0.05, 0) is 29.7 Å². The van der Waals surface area contributed by atoms with E-state index in [1.807, 2.05) is 11.8 Å². The Bertz CT molecular complexity index is 615. The molecule has 1 fully saturated rings. The van der Waals surface area contributed by atoms with Crippen molar-refractivity contribution < 1.29 is 13.9 Å². The number of esters is 1. The molecular formula is C16H22BrFIN3O2. The number of hydrogen-bond donors (Lipinski definition) is 1. The molecule has 0 amide bonds. The maximum atomic E-state index is 13.3. The zero-order valence-corrected chi connectivity index (χ0v) is 17.8. The van der Waals surface area contributed by atoms with E-state index in [-0.39, 0.29) is 47.6 Å². The summed E-state index contributed by atoms with van der Waals surface area (Å²) in [5, 5.41) is 3.22. The molecule has 8 heteroatoms. The minimum absolute atomic E-state index is 0. The molecule has 1 saturated heterocycles. The first-order valence-electron chi connectivity index (χ1n) is 7.43. The number of rotatable bonds is 3. The number of aliphatic imine (C=N–C) groups is 1. The van der Waals surface area contributed by atoms with Crippen LogP contribution in [0.1, 0.15) is 12.5 Å². The van der Waals surface area contributed by atoms with Crippen molar-refractivity contribution in [1.82, 2.24) is 10.2 Å². The molecule has 24 heavy (non-hydrogen) atoms. The SMILES string of the molecule is CN=C(NCc1cc(F)ccc1Br)N1CC(C)C(C(=O)OC)C1.I. The van der Waals surface area contributed by atoms with Gasteiger partial charge in [-0.1, -0.05) is 22.9 Å². The lowest BCUT2D eigenvalue weighted by molar-refractivity contribution is -0.145. The van der Waals surface area contributed by atoms with Gasteiger partial charge in [0.1, 0.15) is 5.82 Å². The molecule has 1 aliphatic rings. The standard InChI is InChI=1S/C16H21BrFN3O2.HI/c1-10-8-21(9-13(10)15(22)23-3)16(19-2)20-7-11-6-12(18)4-5-14(11)17;/h4-6,10,13H,7-9H2,1-3H3,(H,19,20);1H. The summed E-state index contributed by atoms with van der Waals surface area (Å²) in [6.45, 7) is 3.76. The summed E-state index contributed by atoms with van der Waals surface area (Å²) in [6, 6.07) is 4.57. The second-order valence-electron chi connectivity index (χ2n) is 5.65. The van der Waals surface area contributed by atoms with Gasteiger partial charge in [0.15, 0.2) is 5.96 Å². The number of nitrogens with zero attached hydrogens (tertiary/aromatic N) is 2. The summed E-state index contributed by atoms with van der Waals surface area (Å²) in [4.78, 5) is 18.1. The molecule has 0 saturated carbocycles. The maximum absolute atomic E-state index is 13.3. The van der Waals surface area contributed by atoms with E-state index in [9.17, 15) is 9.18 Å². The van der Waals surface area contributed by atoms with Crippen molar-refractivity contribution in [2.24, 2.45) is 16.8 Å². The maximum Gasteiger partial charge on any atom is 0.310 e. The van der Waals surface area contributed by atoms with Gasteiger partial charge in [0.05, 0.1) is 13.0 Å². The average Bonchev–Trinajstić information content (AvgIpc) is 2.92. The highest BCUT2D eigenvalue weighted by Crippen LogP contribution is 2.24. The zero-order chi connectivity index (χ0) is 17.0. The zero-order valence-electron chi connectivity index (χ0n) is 13.9. The molecule has 0 spiro atoms. The number of carbonyl (C=O) groups excluding carboxylic acids is 1. The Labute approximate surface area is 167 Å². The molecule has 1 aliphatic heterocycles. The molecule has 5 nitrogen and oxygen atoms in total. The molecule has 2 rings (SSSR count). The first-order chi connectivity index (χ1) is 11.0. The molecular weight excluding hydrogens is 492 g/mol. The van der Waals surface area contributed by atoms with Crippen molar-refractivity contribution in [1.29, 1.82) is 0 Å². The molecule has 134 valence electrons. The van der Waals surface area contributed by atoms with Gasteiger partial charge in [-0.15, -0.1) is 24.0 Å². The van der Waals surface area contributed by atoms with Gasteiger partial charge in [0.2, 0.25) is 0 Å². The Kier molecular flexibility index (Phi) is 8.41. The van der Waals surface area contributed by atoms with Crippen LogP contribution in [0.4, 0.5) is 4.39 Å². The fourth-order valence-corrected chi connectivity index (χ4v) is 3.17. The number of guanidine groups is 1. The largest absolute Gasteiger partial charge is 0.469 e. The fourth-order valence-electron chi connectivity index (χ4n) is 2.78. The molecule has 0 aromatic heterocycles. The van der Waals surface area contributed by atoms with E-state index in [1.54, 1.807) is 13.1 Å². The molecule has 1 heterocycles. The van der Waals surface area contributed by atoms with Crippen LogP contribution in [0, 0.1) is 17.7 Å². The van der Waals surface area contributed by atoms with Crippen LogP contribution in [0.5, 0.6) is 0 Å². The summed E-state index contributed by atoms with van der Waals surface area (Å²) in [5.74, 6) is 0.268. The Balaban J connectivity index is 0.00000288. The Morgan fingerprint density at radius 1 is 1.50 bits per heavy atom. The van der Waals surface area contributed by atoms with E-state index in [2.05, 4.69) is 26.2 Å². The number of ether oxygens (including phenoxy) is 1. The van der Waals surface area contributed by atoms with Crippen LogP contribution in [-0.2, 0) is 16.1 Å². The third-order valence-electron chi connectivity index (χ3n) is 4.07. The fraction of sp³-hybridized carbons (Fsp3) is 0.500. The highest BCUT2D eigenvalue weighted by molar-refractivity contribution is 14.0. The van der Waals surface area contributed by atoms with Crippen molar-refractivity contribution in [3.8, 4) is 0 Å². The molecule has 1 N–H and O–H groups in total. The second kappa shape index (κ2) is 9.55. The van der Waals surface area contributed by atoms with Crippen molar-refractivity contribution in [3.05, 3.63) is 34.1 Å². The van der Waals surface area contributed by atoms with Crippen LogP contribution in [0.3, 0.4) is 0 Å². The van der Waals surface area contributed by atoms with Gasteiger partial charge in [-0.25, -0.2) is 4.39 Å². The van der Waals surface area contributed by atoms with Crippen LogP contribution in [0.25, 0.3) is 0 Å².